The third-order valence-corrected chi connectivity index (χ3v) is 6.45. The zero-order valence-electron chi connectivity index (χ0n) is 26.6. The van der Waals surface area contributed by atoms with Gasteiger partial charge in [0.2, 0.25) is 5.91 Å². The smallest absolute Gasteiger partial charge is 0.435 e. The Labute approximate surface area is 254 Å². The van der Waals surface area contributed by atoms with Gasteiger partial charge in [-0.15, -0.1) is 5.10 Å². The maximum Gasteiger partial charge on any atom is 0.435 e. The van der Waals surface area contributed by atoms with E-state index >= 15 is 0 Å². The number of carbonyl (C=O) groups excluding carboxylic acids is 3. The summed E-state index contributed by atoms with van der Waals surface area (Å²) in [7, 11) is 0. The molecule has 1 aliphatic rings. The van der Waals surface area contributed by atoms with E-state index in [9.17, 15) is 14.4 Å². The fourth-order valence-electron chi connectivity index (χ4n) is 4.54. The van der Waals surface area contributed by atoms with E-state index in [1.165, 1.54) is 0 Å². The molecule has 0 spiro atoms. The van der Waals surface area contributed by atoms with Gasteiger partial charge in [-0.3, -0.25) is 4.79 Å². The van der Waals surface area contributed by atoms with Gasteiger partial charge in [-0.05, 0) is 71.6 Å². The van der Waals surface area contributed by atoms with Crippen molar-refractivity contribution in [1.29, 1.82) is 5.26 Å². The molecule has 0 aliphatic carbocycles. The number of ether oxygens (including phenoxy) is 2. The summed E-state index contributed by atoms with van der Waals surface area (Å²) in [5.41, 5.74) is 1.14. The zero-order chi connectivity index (χ0) is 31.9. The molecule has 1 aromatic heterocycles. The molecule has 2 amide bonds. The fourth-order valence-corrected chi connectivity index (χ4v) is 4.54. The van der Waals surface area contributed by atoms with E-state index in [-0.39, 0.29) is 24.5 Å². The Morgan fingerprint density at radius 3 is 2.07 bits per heavy atom. The molecule has 1 fully saturated rings. The van der Waals surface area contributed by atoms with Crippen LogP contribution in [0.25, 0.3) is 11.1 Å². The SMILES string of the molecule is CC(C)C[C@H](Nc1nn(C(=O)OC(C)(C)C)cc1-c1ccc(N2CCN(C(=O)OC(C)(C)C)CC2)cc1)C(=O)NCC#N. The summed E-state index contributed by atoms with van der Waals surface area (Å²) in [6.07, 6.45) is 1.13. The molecule has 234 valence electrons. The molecule has 0 radical (unpaired) electrons. The predicted octanol–water partition coefficient (Wildman–Crippen LogP) is 4.86. The van der Waals surface area contributed by atoms with Crippen molar-refractivity contribution in [3.63, 3.8) is 0 Å². The Hall–Kier alpha value is -4.27. The summed E-state index contributed by atoms with van der Waals surface area (Å²) in [4.78, 5) is 42.1. The fraction of sp³-hybridized carbons (Fsp3) is 0.581. The number of nitrogens with one attached hydrogen (secondary N) is 2. The van der Waals surface area contributed by atoms with Crippen LogP contribution in [-0.2, 0) is 14.3 Å². The first kappa shape index (κ1) is 33.2. The van der Waals surface area contributed by atoms with Crippen LogP contribution in [0, 0.1) is 17.2 Å². The van der Waals surface area contributed by atoms with Crippen LogP contribution in [0.15, 0.2) is 30.5 Å². The molecule has 0 bridgehead atoms. The van der Waals surface area contributed by atoms with Gasteiger partial charge in [0, 0.05) is 43.6 Å². The first-order valence-corrected chi connectivity index (χ1v) is 14.6. The molecule has 0 unspecified atom stereocenters. The lowest BCUT2D eigenvalue weighted by Gasteiger charge is -2.36. The predicted molar refractivity (Wildman–Crippen MR) is 165 cm³/mol. The van der Waals surface area contributed by atoms with Gasteiger partial charge in [-0.2, -0.15) is 9.94 Å². The quantitative estimate of drug-likeness (QED) is 0.409. The van der Waals surface area contributed by atoms with Gasteiger partial charge < -0.3 is 29.9 Å². The molecule has 2 heterocycles. The molecule has 1 saturated heterocycles. The minimum Gasteiger partial charge on any atom is -0.444 e. The van der Waals surface area contributed by atoms with E-state index in [0.29, 0.717) is 44.0 Å². The van der Waals surface area contributed by atoms with Gasteiger partial charge >= 0.3 is 12.2 Å². The van der Waals surface area contributed by atoms with Crippen LogP contribution in [0.3, 0.4) is 0 Å². The van der Waals surface area contributed by atoms with E-state index in [0.717, 1.165) is 15.9 Å². The molecule has 1 aromatic carbocycles. The summed E-state index contributed by atoms with van der Waals surface area (Å²) in [5.74, 6) is 0.202. The topological polar surface area (TPSA) is 142 Å². The largest absolute Gasteiger partial charge is 0.444 e. The highest BCUT2D eigenvalue weighted by Crippen LogP contribution is 2.31. The molecule has 1 aliphatic heterocycles. The van der Waals surface area contributed by atoms with Crippen LogP contribution in [-0.4, -0.2) is 82.7 Å². The highest BCUT2D eigenvalue weighted by Gasteiger charge is 2.28. The van der Waals surface area contributed by atoms with Crippen LogP contribution in [0.5, 0.6) is 0 Å². The normalized spacial score (nSPS) is 14.6. The van der Waals surface area contributed by atoms with E-state index in [1.807, 2.05) is 65.0 Å². The number of piperazine rings is 1. The van der Waals surface area contributed by atoms with Crippen molar-refractivity contribution in [2.75, 3.05) is 42.9 Å². The summed E-state index contributed by atoms with van der Waals surface area (Å²) in [5, 5.41) is 19.2. The zero-order valence-corrected chi connectivity index (χ0v) is 26.6. The van der Waals surface area contributed by atoms with E-state index in [1.54, 1.807) is 31.9 Å². The lowest BCUT2D eigenvalue weighted by atomic mass is 10.0. The van der Waals surface area contributed by atoms with Crippen LogP contribution < -0.4 is 15.5 Å². The third kappa shape index (κ3) is 9.91. The monoisotopic (exact) mass is 595 g/mol. The molecular formula is C31H45N7O5. The average molecular weight is 596 g/mol. The van der Waals surface area contributed by atoms with E-state index in [4.69, 9.17) is 14.7 Å². The van der Waals surface area contributed by atoms with Crippen molar-refractivity contribution in [1.82, 2.24) is 20.0 Å². The van der Waals surface area contributed by atoms with E-state index < -0.39 is 23.3 Å². The summed E-state index contributed by atoms with van der Waals surface area (Å²) in [6, 6.07) is 9.09. The molecule has 2 aromatic rings. The maximum atomic E-state index is 12.9. The van der Waals surface area contributed by atoms with Crippen molar-refractivity contribution in [2.45, 2.75) is 79.1 Å². The Kier molecular flexibility index (Phi) is 10.7. The van der Waals surface area contributed by atoms with Crippen molar-refractivity contribution >= 4 is 29.6 Å². The van der Waals surface area contributed by atoms with Crippen LogP contribution in [0.2, 0.25) is 0 Å². The van der Waals surface area contributed by atoms with E-state index in [2.05, 4.69) is 20.6 Å². The van der Waals surface area contributed by atoms with Crippen molar-refractivity contribution in [3.05, 3.63) is 30.5 Å². The first-order chi connectivity index (χ1) is 20.1. The Bertz CT molecular complexity index is 1310. The van der Waals surface area contributed by atoms with Crippen molar-refractivity contribution < 1.29 is 23.9 Å². The second-order valence-electron chi connectivity index (χ2n) is 13.0. The molecule has 43 heavy (non-hydrogen) atoms. The minimum atomic E-state index is -0.719. The van der Waals surface area contributed by atoms with Crippen LogP contribution in [0.4, 0.5) is 21.1 Å². The first-order valence-electron chi connectivity index (χ1n) is 14.6. The highest BCUT2D eigenvalue weighted by molar-refractivity contribution is 5.87. The number of rotatable bonds is 8. The summed E-state index contributed by atoms with van der Waals surface area (Å²) < 4.78 is 12.2. The Morgan fingerprint density at radius 1 is 0.953 bits per heavy atom. The minimum absolute atomic E-state index is 0.109. The second kappa shape index (κ2) is 13.8. The van der Waals surface area contributed by atoms with Gasteiger partial charge in [0.15, 0.2) is 5.82 Å². The maximum absolute atomic E-state index is 12.9. The lowest BCUT2D eigenvalue weighted by Crippen LogP contribution is -2.50. The number of benzene rings is 1. The third-order valence-electron chi connectivity index (χ3n) is 6.45. The molecule has 12 heteroatoms. The molecule has 0 saturated carbocycles. The highest BCUT2D eigenvalue weighted by atomic mass is 16.6. The number of aromatic nitrogens is 2. The number of carbonyl (C=O) groups is 3. The van der Waals surface area contributed by atoms with Gasteiger partial charge in [-0.1, -0.05) is 26.0 Å². The number of nitrogens with zero attached hydrogens (tertiary/aromatic N) is 5. The standard InChI is InChI=1S/C31H45N7O5/c1-21(2)19-25(27(39)33-14-13-32)34-26-24(20-38(35-26)29(41)43-31(6,7)8)22-9-11-23(12-10-22)36-15-17-37(18-16-36)28(40)42-30(3,4)5/h9-12,20-21,25H,14-19H2,1-8H3,(H,33,39)(H,34,35)/t25-/m0/s1. The number of hydrogen-bond donors (Lipinski definition) is 2. The number of hydrogen-bond acceptors (Lipinski definition) is 9. The molecule has 2 N–H and O–H groups in total. The summed E-state index contributed by atoms with van der Waals surface area (Å²) in [6.45, 7) is 17.2. The molecular weight excluding hydrogens is 550 g/mol. The number of anilines is 2. The van der Waals surface area contributed by atoms with Crippen molar-refractivity contribution in [2.24, 2.45) is 5.92 Å². The average Bonchev–Trinajstić information content (AvgIpc) is 3.33. The van der Waals surface area contributed by atoms with Gasteiger partial charge in [0.05, 0.1) is 6.07 Å². The number of amides is 2. The molecule has 1 atom stereocenters. The molecule has 3 rings (SSSR count). The molecule has 12 nitrogen and oxygen atoms in total. The number of nitriles is 1. The van der Waals surface area contributed by atoms with Gasteiger partial charge in [0.1, 0.15) is 23.8 Å². The Balaban J connectivity index is 1.84. The van der Waals surface area contributed by atoms with Crippen molar-refractivity contribution in [3.8, 4) is 17.2 Å². The van der Waals surface area contributed by atoms with Crippen LogP contribution in [0.1, 0.15) is 61.8 Å². The second-order valence-corrected chi connectivity index (χ2v) is 13.0. The lowest BCUT2D eigenvalue weighted by molar-refractivity contribution is -0.121. The summed E-state index contributed by atoms with van der Waals surface area (Å²) >= 11 is 0. The van der Waals surface area contributed by atoms with Crippen LogP contribution >= 0.6 is 0 Å². The van der Waals surface area contributed by atoms with Gasteiger partial charge in [0.25, 0.3) is 0 Å². The van der Waals surface area contributed by atoms with Gasteiger partial charge in [-0.25, -0.2) is 9.59 Å². The Morgan fingerprint density at radius 2 is 1.53 bits per heavy atom.